The number of aromatic nitrogens is 3. The molecule has 6 rings (SSSR count). The molecule has 1 spiro atoms. The third kappa shape index (κ3) is 3.47. The summed E-state index contributed by atoms with van der Waals surface area (Å²) < 4.78 is 12.9. The molecule has 0 fully saturated rings. The highest BCUT2D eigenvalue weighted by molar-refractivity contribution is 6.32. The number of nitrogens with one attached hydrogen (secondary N) is 1. The number of nitrogens with zero attached hydrogens (tertiary/aromatic N) is 4. The lowest BCUT2D eigenvalue weighted by molar-refractivity contribution is -0.119. The van der Waals surface area contributed by atoms with Crippen molar-refractivity contribution in [3.63, 3.8) is 0 Å². The van der Waals surface area contributed by atoms with Crippen LogP contribution in [0.1, 0.15) is 47.2 Å². The Bertz CT molecular complexity index is 1730. The highest BCUT2D eigenvalue weighted by Crippen LogP contribution is 2.55. The van der Waals surface area contributed by atoms with E-state index in [1.165, 1.54) is 25.3 Å². The van der Waals surface area contributed by atoms with Crippen molar-refractivity contribution in [1.82, 2.24) is 14.5 Å². The average Bonchev–Trinajstić information content (AvgIpc) is 3.53. The lowest BCUT2D eigenvalue weighted by atomic mass is 9.86. The SMILES string of the molecule is COc1cc(-c2nc3c(n2C(C)C)C2(C(=O)Nc4cc(Cl)ccc42)N(c2cc(Cl)ccc2C)C3=O)c(OC)cn1. The number of ether oxygens (including phenoxy) is 2. The first-order valence-corrected chi connectivity index (χ1v) is 13.3. The first-order chi connectivity index (χ1) is 19.1. The van der Waals surface area contributed by atoms with Crippen LogP contribution in [0.5, 0.6) is 11.6 Å². The average molecular weight is 578 g/mol. The molecule has 2 amide bonds. The van der Waals surface area contributed by atoms with Crippen molar-refractivity contribution in [2.75, 3.05) is 24.4 Å². The Morgan fingerprint density at radius 1 is 1.00 bits per heavy atom. The second-order valence-electron chi connectivity index (χ2n) is 9.95. The Balaban J connectivity index is 1.74. The van der Waals surface area contributed by atoms with Gasteiger partial charge in [-0.1, -0.05) is 35.3 Å². The number of amides is 2. The summed E-state index contributed by atoms with van der Waals surface area (Å²) in [5.74, 6) is 0.411. The summed E-state index contributed by atoms with van der Waals surface area (Å²) in [6.07, 6.45) is 1.54. The van der Waals surface area contributed by atoms with Gasteiger partial charge in [-0.25, -0.2) is 9.97 Å². The summed E-state index contributed by atoms with van der Waals surface area (Å²) >= 11 is 12.7. The molecule has 204 valence electrons. The third-order valence-electron chi connectivity index (χ3n) is 7.38. The van der Waals surface area contributed by atoms with E-state index >= 15 is 0 Å². The Morgan fingerprint density at radius 3 is 2.42 bits per heavy atom. The number of fused-ring (bicyclic) bond motifs is 4. The summed E-state index contributed by atoms with van der Waals surface area (Å²) in [7, 11) is 3.05. The van der Waals surface area contributed by atoms with Gasteiger partial charge in [0.15, 0.2) is 11.2 Å². The minimum atomic E-state index is -1.58. The van der Waals surface area contributed by atoms with Crippen LogP contribution in [0.4, 0.5) is 11.4 Å². The van der Waals surface area contributed by atoms with E-state index in [1.54, 1.807) is 36.4 Å². The molecule has 2 aliphatic heterocycles. The van der Waals surface area contributed by atoms with E-state index in [2.05, 4.69) is 10.3 Å². The number of aryl methyl sites for hydroxylation is 1. The number of halogens is 2. The molecular weight excluding hydrogens is 553 g/mol. The Labute approximate surface area is 240 Å². The summed E-state index contributed by atoms with van der Waals surface area (Å²) in [5.41, 5.74) is 1.97. The van der Waals surface area contributed by atoms with Gasteiger partial charge >= 0.3 is 0 Å². The zero-order valence-electron chi connectivity index (χ0n) is 22.4. The van der Waals surface area contributed by atoms with Crippen LogP contribution in [-0.4, -0.2) is 40.6 Å². The number of imidazole rings is 1. The van der Waals surface area contributed by atoms with E-state index in [0.717, 1.165) is 5.56 Å². The zero-order valence-corrected chi connectivity index (χ0v) is 23.9. The van der Waals surface area contributed by atoms with E-state index < -0.39 is 17.4 Å². The smallest absolute Gasteiger partial charge is 0.280 e. The number of pyridine rings is 1. The highest BCUT2D eigenvalue weighted by atomic mass is 35.5. The topological polar surface area (TPSA) is 98.6 Å². The van der Waals surface area contributed by atoms with E-state index in [0.29, 0.717) is 55.7 Å². The van der Waals surface area contributed by atoms with E-state index in [-0.39, 0.29) is 11.7 Å². The standard InChI is InChI=1S/C29H25Cl2N5O4/c1-14(2)35-25-24(34-26(35)18-12-23(40-5)32-13-22(18)39-4)27(37)36(21-11-17(31)7-6-15(21)3)29(25)19-9-8-16(30)10-20(19)33-28(29)38/h6-14H,1-5H3,(H,33,38). The monoisotopic (exact) mass is 577 g/mol. The second kappa shape index (κ2) is 9.25. The van der Waals surface area contributed by atoms with Crippen LogP contribution >= 0.6 is 23.2 Å². The normalized spacial score (nSPS) is 17.4. The molecule has 2 aromatic heterocycles. The van der Waals surface area contributed by atoms with E-state index in [9.17, 15) is 9.59 Å². The minimum absolute atomic E-state index is 0.152. The third-order valence-corrected chi connectivity index (χ3v) is 7.85. The second-order valence-corrected chi connectivity index (χ2v) is 10.8. The molecule has 0 aliphatic carbocycles. The van der Waals surface area contributed by atoms with Crippen LogP contribution in [0.25, 0.3) is 11.4 Å². The molecule has 0 saturated carbocycles. The van der Waals surface area contributed by atoms with Crippen LogP contribution in [0.3, 0.4) is 0 Å². The van der Waals surface area contributed by atoms with Gasteiger partial charge in [0.25, 0.3) is 11.8 Å². The van der Waals surface area contributed by atoms with Crippen LogP contribution in [0.2, 0.25) is 10.0 Å². The number of carbonyl (C=O) groups is 2. The molecule has 4 heterocycles. The van der Waals surface area contributed by atoms with Crippen molar-refractivity contribution in [2.45, 2.75) is 32.4 Å². The van der Waals surface area contributed by atoms with E-state index in [1.807, 2.05) is 31.4 Å². The summed E-state index contributed by atoms with van der Waals surface area (Å²) in [6, 6.07) is 11.9. The van der Waals surface area contributed by atoms with Gasteiger partial charge in [-0.3, -0.25) is 14.5 Å². The lowest BCUT2D eigenvalue weighted by Gasteiger charge is -2.36. The van der Waals surface area contributed by atoms with Gasteiger partial charge < -0.3 is 19.4 Å². The van der Waals surface area contributed by atoms with Gasteiger partial charge in [0.2, 0.25) is 5.88 Å². The van der Waals surface area contributed by atoms with Gasteiger partial charge in [0, 0.05) is 33.4 Å². The molecule has 2 aliphatic rings. The first-order valence-electron chi connectivity index (χ1n) is 12.6. The molecule has 0 bridgehead atoms. The Hall–Kier alpha value is -4.08. The summed E-state index contributed by atoms with van der Waals surface area (Å²) in [5, 5.41) is 3.87. The van der Waals surface area contributed by atoms with Crippen molar-refractivity contribution in [3.05, 3.63) is 81.2 Å². The van der Waals surface area contributed by atoms with Gasteiger partial charge in [0.1, 0.15) is 11.6 Å². The number of carbonyl (C=O) groups excluding carboxylic acids is 2. The fourth-order valence-electron chi connectivity index (χ4n) is 5.70. The molecule has 0 saturated heterocycles. The van der Waals surface area contributed by atoms with Crippen LogP contribution in [-0.2, 0) is 10.3 Å². The maximum Gasteiger partial charge on any atom is 0.280 e. The number of methoxy groups -OCH3 is 2. The number of anilines is 2. The number of benzene rings is 2. The maximum absolute atomic E-state index is 14.5. The van der Waals surface area contributed by atoms with Crippen molar-refractivity contribution < 1.29 is 19.1 Å². The summed E-state index contributed by atoms with van der Waals surface area (Å²) in [4.78, 5) is 39.4. The molecule has 11 heteroatoms. The van der Waals surface area contributed by atoms with Gasteiger partial charge in [-0.05, 0) is 50.6 Å². The maximum atomic E-state index is 14.5. The molecule has 2 aromatic carbocycles. The molecule has 1 atom stereocenters. The predicted octanol–water partition coefficient (Wildman–Crippen LogP) is 6.01. The van der Waals surface area contributed by atoms with Gasteiger partial charge in [-0.2, -0.15) is 0 Å². The van der Waals surface area contributed by atoms with Crippen molar-refractivity contribution in [1.29, 1.82) is 0 Å². The zero-order chi connectivity index (χ0) is 28.5. The largest absolute Gasteiger partial charge is 0.494 e. The van der Waals surface area contributed by atoms with Crippen molar-refractivity contribution >= 4 is 46.4 Å². The quantitative estimate of drug-likeness (QED) is 0.311. The highest BCUT2D eigenvalue weighted by Gasteiger charge is 2.64. The predicted molar refractivity (Wildman–Crippen MR) is 153 cm³/mol. The Morgan fingerprint density at radius 2 is 1.73 bits per heavy atom. The molecule has 9 nitrogen and oxygen atoms in total. The molecule has 1 unspecified atom stereocenters. The first kappa shape index (κ1) is 26.2. The minimum Gasteiger partial charge on any atom is -0.494 e. The summed E-state index contributed by atoms with van der Waals surface area (Å²) in [6.45, 7) is 5.81. The molecule has 1 N–H and O–H groups in total. The molecule has 4 aromatic rings. The van der Waals surface area contributed by atoms with Gasteiger partial charge in [0.05, 0.1) is 37.4 Å². The number of rotatable bonds is 5. The fraction of sp³-hybridized carbons (Fsp3) is 0.241. The fourth-order valence-corrected chi connectivity index (χ4v) is 6.04. The lowest BCUT2D eigenvalue weighted by Crippen LogP contribution is -2.51. The van der Waals surface area contributed by atoms with Crippen molar-refractivity contribution in [2.24, 2.45) is 0 Å². The Kier molecular flexibility index (Phi) is 6.05. The van der Waals surface area contributed by atoms with E-state index in [4.69, 9.17) is 37.7 Å². The molecule has 0 radical (unpaired) electrons. The van der Waals surface area contributed by atoms with Crippen LogP contribution in [0, 0.1) is 6.92 Å². The number of hydrogen-bond donors (Lipinski definition) is 1. The van der Waals surface area contributed by atoms with Crippen LogP contribution in [0.15, 0.2) is 48.7 Å². The molecular formula is C29H25Cl2N5O4. The van der Waals surface area contributed by atoms with Gasteiger partial charge in [-0.15, -0.1) is 0 Å². The van der Waals surface area contributed by atoms with Crippen LogP contribution < -0.4 is 19.7 Å². The molecule has 40 heavy (non-hydrogen) atoms. The van der Waals surface area contributed by atoms with Crippen molar-refractivity contribution in [3.8, 4) is 23.0 Å². The number of hydrogen-bond acceptors (Lipinski definition) is 6.